The van der Waals surface area contributed by atoms with E-state index in [1.165, 1.54) is 12.1 Å². The van der Waals surface area contributed by atoms with Gasteiger partial charge in [-0.2, -0.15) is 0 Å². The molecule has 102 valence electrons. The van der Waals surface area contributed by atoms with Crippen molar-refractivity contribution in [2.24, 2.45) is 0 Å². The van der Waals surface area contributed by atoms with Crippen LogP contribution in [0, 0.1) is 5.82 Å². The molecule has 18 heavy (non-hydrogen) atoms. The van der Waals surface area contributed by atoms with Crippen LogP contribution in [0.5, 0.6) is 0 Å². The van der Waals surface area contributed by atoms with Gasteiger partial charge in [-0.05, 0) is 37.7 Å². The van der Waals surface area contributed by atoms with Gasteiger partial charge in [0.15, 0.2) is 0 Å². The van der Waals surface area contributed by atoms with E-state index in [0.29, 0.717) is 13.0 Å². The fraction of sp³-hybridized carbons (Fsp3) is 0.455. The topological polar surface area (TPSA) is 58.2 Å². The quantitative estimate of drug-likeness (QED) is 0.758. The molecule has 1 aromatic rings. The van der Waals surface area contributed by atoms with Crippen LogP contribution < -0.4 is 10.0 Å². The van der Waals surface area contributed by atoms with Gasteiger partial charge in [0.2, 0.25) is 10.0 Å². The van der Waals surface area contributed by atoms with E-state index in [1.807, 2.05) is 6.92 Å². The summed E-state index contributed by atoms with van der Waals surface area (Å²) in [4.78, 5) is 0. The van der Waals surface area contributed by atoms with Crippen LogP contribution in [0.2, 0.25) is 5.02 Å². The number of rotatable bonds is 7. The van der Waals surface area contributed by atoms with Crippen molar-refractivity contribution in [3.05, 3.63) is 29.0 Å². The summed E-state index contributed by atoms with van der Waals surface area (Å²) in [6.45, 7) is 3.33. The Hall–Kier alpha value is -0.850. The summed E-state index contributed by atoms with van der Waals surface area (Å²) in [6.07, 6.45) is 0.464. The highest BCUT2D eigenvalue weighted by Crippen LogP contribution is 2.20. The molecule has 0 atom stereocenters. The maximum atomic E-state index is 13.3. The predicted molar refractivity (Wildman–Crippen MR) is 72.0 cm³/mol. The zero-order valence-corrected chi connectivity index (χ0v) is 11.6. The van der Waals surface area contributed by atoms with Gasteiger partial charge < -0.3 is 5.32 Å². The Morgan fingerprint density at radius 2 is 2.11 bits per heavy atom. The molecular formula is C11H16ClFN2O2S. The lowest BCUT2D eigenvalue weighted by molar-refractivity contribution is 0.593. The molecule has 0 aliphatic rings. The molecule has 0 aromatic heterocycles. The highest BCUT2D eigenvalue weighted by atomic mass is 35.5. The van der Waals surface area contributed by atoms with Crippen molar-refractivity contribution >= 4 is 27.3 Å². The second-order valence-electron chi connectivity index (χ2n) is 3.75. The molecule has 0 amide bonds. The molecule has 0 heterocycles. The number of nitrogens with one attached hydrogen (secondary N) is 2. The summed E-state index contributed by atoms with van der Waals surface area (Å²) in [6, 6.07) is 3.73. The zero-order chi connectivity index (χ0) is 13.6. The summed E-state index contributed by atoms with van der Waals surface area (Å²) in [7, 11) is -3.54. The molecule has 0 unspecified atom stereocenters. The first-order valence-electron chi connectivity index (χ1n) is 5.61. The average Bonchev–Trinajstić information content (AvgIpc) is 2.29. The molecular weight excluding hydrogens is 279 g/mol. The van der Waals surface area contributed by atoms with Gasteiger partial charge in [0.1, 0.15) is 5.82 Å². The Morgan fingerprint density at radius 1 is 1.39 bits per heavy atom. The standard InChI is InChI=1S/C11H16ClFN2O2S/c1-2-14-6-3-7-18(16,17)15-11-8-9(12)4-5-10(11)13/h4-5,8,14-15H,2-3,6-7H2,1H3. The average molecular weight is 295 g/mol. The molecule has 0 bridgehead atoms. The van der Waals surface area contributed by atoms with Crippen LogP contribution in [0.1, 0.15) is 13.3 Å². The van der Waals surface area contributed by atoms with Crippen molar-refractivity contribution in [2.45, 2.75) is 13.3 Å². The van der Waals surface area contributed by atoms with Crippen LogP contribution in [0.3, 0.4) is 0 Å². The highest BCUT2D eigenvalue weighted by molar-refractivity contribution is 7.92. The third-order valence-corrected chi connectivity index (χ3v) is 3.80. The molecule has 1 aromatic carbocycles. The minimum absolute atomic E-state index is 0.0635. The minimum atomic E-state index is -3.54. The molecule has 7 heteroatoms. The van der Waals surface area contributed by atoms with E-state index in [9.17, 15) is 12.8 Å². The minimum Gasteiger partial charge on any atom is -0.317 e. The van der Waals surface area contributed by atoms with Gasteiger partial charge in [-0.15, -0.1) is 0 Å². The summed E-state index contributed by atoms with van der Waals surface area (Å²) < 4.78 is 38.9. The maximum absolute atomic E-state index is 13.3. The van der Waals surface area contributed by atoms with Gasteiger partial charge in [-0.1, -0.05) is 18.5 Å². The normalized spacial score (nSPS) is 11.5. The van der Waals surface area contributed by atoms with Crippen LogP contribution in [0.4, 0.5) is 10.1 Å². The van der Waals surface area contributed by atoms with Gasteiger partial charge in [-0.25, -0.2) is 12.8 Å². The molecule has 4 nitrogen and oxygen atoms in total. The van der Waals surface area contributed by atoms with Crippen LogP contribution in [-0.2, 0) is 10.0 Å². The lowest BCUT2D eigenvalue weighted by Gasteiger charge is -2.09. The Kier molecular flexibility index (Phi) is 5.84. The van der Waals surface area contributed by atoms with E-state index in [1.54, 1.807) is 0 Å². The summed E-state index contributed by atoms with van der Waals surface area (Å²) >= 11 is 5.68. The van der Waals surface area contributed by atoms with E-state index in [4.69, 9.17) is 11.6 Å². The maximum Gasteiger partial charge on any atom is 0.232 e. The van der Waals surface area contributed by atoms with E-state index in [-0.39, 0.29) is 16.5 Å². The van der Waals surface area contributed by atoms with Crippen LogP contribution in [0.25, 0.3) is 0 Å². The number of halogens is 2. The Labute approximate surface area is 112 Å². The largest absolute Gasteiger partial charge is 0.317 e. The molecule has 0 aliphatic heterocycles. The molecule has 1 rings (SSSR count). The Bertz CT molecular complexity index is 494. The third kappa shape index (κ3) is 5.20. The molecule has 0 saturated heterocycles. The van der Waals surface area contributed by atoms with E-state index in [0.717, 1.165) is 12.6 Å². The number of benzene rings is 1. The van der Waals surface area contributed by atoms with E-state index < -0.39 is 15.8 Å². The van der Waals surface area contributed by atoms with Gasteiger partial charge in [-0.3, -0.25) is 4.72 Å². The number of anilines is 1. The first-order valence-corrected chi connectivity index (χ1v) is 7.64. The second-order valence-corrected chi connectivity index (χ2v) is 6.03. The fourth-order valence-corrected chi connectivity index (χ4v) is 2.65. The lowest BCUT2D eigenvalue weighted by atomic mass is 10.3. The molecule has 0 radical (unpaired) electrons. The summed E-state index contributed by atoms with van der Waals surface area (Å²) in [5.74, 6) is -0.707. The van der Waals surface area contributed by atoms with Crippen molar-refractivity contribution in [3.8, 4) is 0 Å². The van der Waals surface area contributed by atoms with E-state index in [2.05, 4.69) is 10.0 Å². The predicted octanol–water partition coefficient (Wildman–Crippen LogP) is 2.22. The molecule has 0 saturated carbocycles. The van der Waals surface area contributed by atoms with Crippen LogP contribution in [-0.4, -0.2) is 27.3 Å². The van der Waals surface area contributed by atoms with Crippen molar-refractivity contribution in [3.63, 3.8) is 0 Å². The van der Waals surface area contributed by atoms with Crippen molar-refractivity contribution in [1.82, 2.24) is 5.32 Å². The first kappa shape index (κ1) is 15.2. The second kappa shape index (κ2) is 6.92. The van der Waals surface area contributed by atoms with Gasteiger partial charge >= 0.3 is 0 Å². The number of hydrogen-bond acceptors (Lipinski definition) is 3. The van der Waals surface area contributed by atoms with Crippen molar-refractivity contribution in [1.29, 1.82) is 0 Å². The zero-order valence-electron chi connectivity index (χ0n) is 10.0. The lowest BCUT2D eigenvalue weighted by Crippen LogP contribution is -2.22. The molecule has 0 fully saturated rings. The molecule has 2 N–H and O–H groups in total. The van der Waals surface area contributed by atoms with Crippen LogP contribution in [0.15, 0.2) is 18.2 Å². The van der Waals surface area contributed by atoms with Crippen molar-refractivity contribution < 1.29 is 12.8 Å². The third-order valence-electron chi connectivity index (χ3n) is 2.21. The first-order chi connectivity index (χ1) is 8.44. The highest BCUT2D eigenvalue weighted by Gasteiger charge is 2.13. The monoisotopic (exact) mass is 294 g/mol. The van der Waals surface area contributed by atoms with Gasteiger partial charge in [0.05, 0.1) is 11.4 Å². The smallest absolute Gasteiger partial charge is 0.232 e. The molecule has 0 aliphatic carbocycles. The van der Waals surface area contributed by atoms with Crippen molar-refractivity contribution in [2.75, 3.05) is 23.6 Å². The van der Waals surface area contributed by atoms with Crippen LogP contribution >= 0.6 is 11.6 Å². The summed E-state index contributed by atoms with van der Waals surface area (Å²) in [5.41, 5.74) is -0.119. The summed E-state index contributed by atoms with van der Waals surface area (Å²) in [5, 5.41) is 3.30. The molecule has 0 spiro atoms. The SMILES string of the molecule is CCNCCCS(=O)(=O)Nc1cc(Cl)ccc1F. The van der Waals surface area contributed by atoms with E-state index >= 15 is 0 Å². The van der Waals surface area contributed by atoms with Gasteiger partial charge in [0, 0.05) is 5.02 Å². The number of sulfonamides is 1. The number of hydrogen-bond donors (Lipinski definition) is 2. The fourth-order valence-electron chi connectivity index (χ4n) is 1.36. The Morgan fingerprint density at radius 3 is 2.78 bits per heavy atom. The Balaban J connectivity index is 2.62. The van der Waals surface area contributed by atoms with Gasteiger partial charge in [0.25, 0.3) is 0 Å².